The number of carbonyl (C=O) groups excluding carboxylic acids is 1. The average molecular weight is 770 g/mol. The van der Waals surface area contributed by atoms with E-state index in [1.807, 2.05) is 29.9 Å². The minimum Gasteiger partial charge on any atom is -0.382 e. The van der Waals surface area contributed by atoms with Gasteiger partial charge >= 0.3 is 5.69 Å². The molecule has 13 nitrogen and oxygen atoms in total. The zero-order chi connectivity index (χ0) is 31.7. The molecule has 246 valence electrons. The van der Waals surface area contributed by atoms with Crippen molar-refractivity contribution < 1.29 is 31.5 Å². The molecule has 1 aliphatic heterocycles. The minimum absolute atomic E-state index is 0.158. The number of hydrogen-bond donors (Lipinski definition) is 3. The number of aromatic nitrogens is 2. The quantitative estimate of drug-likeness (QED) is 0.0967. The fourth-order valence-electron chi connectivity index (χ4n) is 4.37. The highest BCUT2D eigenvalue weighted by molar-refractivity contribution is 14.1. The third-order valence-corrected chi connectivity index (χ3v) is 8.33. The van der Waals surface area contributed by atoms with Crippen molar-refractivity contribution in [3.05, 3.63) is 51.0 Å². The number of anilines is 1. The Bertz CT molecular complexity index is 1230. The first-order valence-corrected chi connectivity index (χ1v) is 16.4. The predicted molar refractivity (Wildman–Crippen MR) is 177 cm³/mol. The molecule has 1 saturated heterocycles. The number of rotatable bonds is 21. The SMILES string of the molecule is COCC1OC(n2cc(C)c(NCCCOCCOCCOCCCNC(=O)c3ccc(Cl)c(SN)c3)nc2=O)CC1OI. The molecule has 2 heterocycles. The molecule has 1 aromatic heterocycles. The van der Waals surface area contributed by atoms with Crippen LogP contribution < -0.4 is 21.5 Å². The molecule has 0 bridgehead atoms. The molecule has 44 heavy (non-hydrogen) atoms. The molecule has 1 aliphatic rings. The van der Waals surface area contributed by atoms with Crippen molar-refractivity contribution in [3.8, 4) is 0 Å². The number of halogens is 2. The van der Waals surface area contributed by atoms with E-state index in [1.165, 1.54) is 4.57 Å². The lowest BCUT2D eigenvalue weighted by molar-refractivity contribution is -0.0469. The van der Waals surface area contributed by atoms with Crippen molar-refractivity contribution in [2.75, 3.05) is 71.8 Å². The average Bonchev–Trinajstić information content (AvgIpc) is 3.43. The van der Waals surface area contributed by atoms with Gasteiger partial charge in [-0.1, -0.05) is 11.6 Å². The van der Waals surface area contributed by atoms with E-state index in [9.17, 15) is 9.59 Å². The highest BCUT2D eigenvalue weighted by atomic mass is 127. The van der Waals surface area contributed by atoms with Crippen LogP contribution in [-0.4, -0.2) is 94.1 Å². The number of amides is 1. The molecule has 3 unspecified atom stereocenters. The highest BCUT2D eigenvalue weighted by Crippen LogP contribution is 2.31. The van der Waals surface area contributed by atoms with Gasteiger partial charge in [-0.2, -0.15) is 4.98 Å². The van der Waals surface area contributed by atoms with Gasteiger partial charge in [-0.25, -0.2) is 4.79 Å². The Kier molecular flexibility index (Phi) is 17.3. The second-order valence-corrected chi connectivity index (χ2v) is 11.5. The number of methoxy groups -OCH3 is 1. The smallest absolute Gasteiger partial charge is 0.351 e. The second-order valence-electron chi connectivity index (χ2n) is 9.90. The van der Waals surface area contributed by atoms with E-state index in [0.717, 1.165) is 23.9 Å². The first kappa shape index (κ1) is 36.9. The second kappa shape index (κ2) is 20.6. The van der Waals surface area contributed by atoms with Gasteiger partial charge < -0.3 is 37.4 Å². The van der Waals surface area contributed by atoms with Gasteiger partial charge in [0.1, 0.15) is 47.3 Å². The summed E-state index contributed by atoms with van der Waals surface area (Å²) in [6.07, 6.45) is 2.89. The summed E-state index contributed by atoms with van der Waals surface area (Å²) in [7, 11) is 1.61. The van der Waals surface area contributed by atoms with E-state index in [1.54, 1.807) is 31.5 Å². The van der Waals surface area contributed by atoms with E-state index in [2.05, 4.69) is 15.6 Å². The minimum atomic E-state index is -0.448. The van der Waals surface area contributed by atoms with Crippen molar-refractivity contribution in [2.24, 2.45) is 5.14 Å². The number of aryl methyl sites for hydroxylation is 1. The van der Waals surface area contributed by atoms with Crippen LogP contribution in [0.15, 0.2) is 34.1 Å². The molecule has 1 amide bonds. The van der Waals surface area contributed by atoms with E-state index >= 15 is 0 Å². The molecule has 1 fully saturated rings. The van der Waals surface area contributed by atoms with Crippen molar-refractivity contribution in [1.82, 2.24) is 14.9 Å². The van der Waals surface area contributed by atoms with Crippen molar-refractivity contribution in [3.63, 3.8) is 0 Å². The standard InChI is InChI=1S/C28H41ClIN5O8S/c1-19-17-35(25-16-22(43-30)23(42-25)18-38-2)28(37)34-26(19)32-7-3-9-39-11-13-41-14-12-40-10-4-8-33-27(36)20-5-6-21(29)24(15-20)44-31/h5-6,15,17,22-23,25H,3-4,7-14,16,18,31H2,1-2H3,(H,33,36)(H,32,34,37). The molecular weight excluding hydrogens is 729 g/mol. The molecule has 0 saturated carbocycles. The lowest BCUT2D eigenvalue weighted by atomic mass is 10.2. The van der Waals surface area contributed by atoms with Gasteiger partial charge in [0.05, 0.1) is 38.1 Å². The lowest BCUT2D eigenvalue weighted by Gasteiger charge is -2.17. The van der Waals surface area contributed by atoms with Crippen molar-refractivity contribution in [1.29, 1.82) is 0 Å². The highest BCUT2D eigenvalue weighted by Gasteiger charge is 2.37. The number of benzene rings is 1. The Balaban J connectivity index is 1.17. The normalized spacial score (nSPS) is 18.1. The lowest BCUT2D eigenvalue weighted by Crippen LogP contribution is -2.29. The number of nitrogens with two attached hydrogens (primary N) is 1. The molecule has 4 N–H and O–H groups in total. The van der Waals surface area contributed by atoms with Gasteiger partial charge in [-0.05, 0) is 49.9 Å². The first-order chi connectivity index (χ1) is 21.4. The predicted octanol–water partition coefficient (Wildman–Crippen LogP) is 3.51. The topological polar surface area (TPSA) is 157 Å². The zero-order valence-corrected chi connectivity index (χ0v) is 28.7. The largest absolute Gasteiger partial charge is 0.382 e. The number of nitrogens with zero attached hydrogens (tertiary/aromatic N) is 2. The Morgan fingerprint density at radius 3 is 2.50 bits per heavy atom. The van der Waals surface area contributed by atoms with Gasteiger partial charge in [0, 0.05) is 62.1 Å². The van der Waals surface area contributed by atoms with E-state index in [0.29, 0.717) is 93.5 Å². The monoisotopic (exact) mass is 769 g/mol. The maximum atomic E-state index is 12.7. The van der Waals surface area contributed by atoms with E-state index in [-0.39, 0.29) is 23.8 Å². The maximum Gasteiger partial charge on any atom is 0.351 e. The van der Waals surface area contributed by atoms with Crippen molar-refractivity contribution in [2.45, 2.75) is 49.5 Å². The van der Waals surface area contributed by atoms with Gasteiger partial charge in [-0.3, -0.25) is 14.5 Å². The van der Waals surface area contributed by atoms with Crippen LogP contribution in [0.5, 0.6) is 0 Å². The van der Waals surface area contributed by atoms with Crippen LogP contribution in [0.1, 0.15) is 41.4 Å². The molecule has 0 spiro atoms. The van der Waals surface area contributed by atoms with Gasteiger partial charge in [0.2, 0.25) is 0 Å². The Hall–Kier alpha value is -1.54. The Morgan fingerprint density at radius 2 is 1.84 bits per heavy atom. The zero-order valence-electron chi connectivity index (χ0n) is 24.9. The molecule has 0 radical (unpaired) electrons. The summed E-state index contributed by atoms with van der Waals surface area (Å²) >= 11 is 8.87. The van der Waals surface area contributed by atoms with Crippen LogP contribution in [0.3, 0.4) is 0 Å². The molecule has 1 aromatic carbocycles. The number of ether oxygens (including phenoxy) is 5. The van der Waals surface area contributed by atoms with E-state index in [4.69, 9.17) is 43.5 Å². The van der Waals surface area contributed by atoms with Crippen LogP contribution in [0.2, 0.25) is 5.02 Å². The maximum absolute atomic E-state index is 12.7. The summed E-state index contributed by atoms with van der Waals surface area (Å²) in [5.41, 5.74) is 0.973. The molecule has 2 aromatic rings. The van der Waals surface area contributed by atoms with E-state index < -0.39 is 6.23 Å². The summed E-state index contributed by atoms with van der Waals surface area (Å²) in [6, 6.07) is 4.99. The number of hydrogen-bond acceptors (Lipinski definition) is 12. The molecule has 0 aliphatic carbocycles. The summed E-state index contributed by atoms with van der Waals surface area (Å²) in [5.74, 6) is 0.368. The Labute approximate surface area is 281 Å². The van der Waals surface area contributed by atoms with Crippen molar-refractivity contribution >= 4 is 58.3 Å². The van der Waals surface area contributed by atoms with Crippen LogP contribution in [0, 0.1) is 6.92 Å². The summed E-state index contributed by atoms with van der Waals surface area (Å²) in [5, 5.41) is 12.1. The third-order valence-electron chi connectivity index (χ3n) is 6.64. The number of nitrogens with one attached hydrogen (secondary N) is 2. The van der Waals surface area contributed by atoms with Crippen LogP contribution >= 0.6 is 46.6 Å². The molecule has 16 heteroatoms. The summed E-state index contributed by atoms with van der Waals surface area (Å²) in [6.45, 7) is 6.32. The fourth-order valence-corrected chi connectivity index (χ4v) is 5.53. The Morgan fingerprint density at radius 1 is 1.16 bits per heavy atom. The molecular formula is C28H41ClIN5O8S. The molecule has 3 atom stereocenters. The number of carbonyl (C=O) groups is 1. The van der Waals surface area contributed by atoms with Gasteiger partial charge in [0.25, 0.3) is 5.91 Å². The van der Waals surface area contributed by atoms with Gasteiger partial charge in [0.15, 0.2) is 0 Å². The summed E-state index contributed by atoms with van der Waals surface area (Å²) < 4.78 is 34.8. The van der Waals surface area contributed by atoms with Gasteiger partial charge in [-0.15, -0.1) is 0 Å². The fraction of sp³-hybridized carbons (Fsp3) is 0.607. The van der Waals surface area contributed by atoms with Crippen LogP contribution in [0.25, 0.3) is 0 Å². The third kappa shape index (κ3) is 12.0. The first-order valence-electron chi connectivity index (χ1n) is 14.3. The van der Waals surface area contributed by atoms with Crippen LogP contribution in [0.4, 0.5) is 5.82 Å². The molecule has 3 rings (SSSR count). The van der Waals surface area contributed by atoms with Crippen LogP contribution in [-0.2, 0) is 26.8 Å². The summed E-state index contributed by atoms with van der Waals surface area (Å²) in [4.78, 5) is 29.8.